The smallest absolute Gasteiger partial charge is 0.367 e. The van der Waals surface area contributed by atoms with Crippen LogP contribution in [0.2, 0.25) is 0 Å². The van der Waals surface area contributed by atoms with Crippen molar-refractivity contribution in [2.24, 2.45) is 5.16 Å². The maximum atomic E-state index is 11.6. The summed E-state index contributed by atoms with van der Waals surface area (Å²) >= 11 is 0. The molecule has 0 bridgehead atoms. The number of hydrogen-bond donors (Lipinski definition) is 0. The molecule has 3 aromatic carbocycles. The minimum atomic E-state index is -0.418. The third-order valence-corrected chi connectivity index (χ3v) is 4.34. The summed E-state index contributed by atoms with van der Waals surface area (Å²) in [5, 5.41) is 6.08. The highest BCUT2D eigenvalue weighted by molar-refractivity contribution is 6.24. The molecular formula is C22H17NO3. The average molecular weight is 343 g/mol. The fourth-order valence-electron chi connectivity index (χ4n) is 2.93. The van der Waals surface area contributed by atoms with Gasteiger partial charge in [0, 0.05) is 0 Å². The van der Waals surface area contributed by atoms with E-state index < -0.39 is 5.97 Å². The lowest BCUT2D eigenvalue weighted by Crippen LogP contribution is -2.01. The highest BCUT2D eigenvalue weighted by atomic mass is 16.7. The van der Waals surface area contributed by atoms with Gasteiger partial charge in [0.05, 0.1) is 11.3 Å². The highest BCUT2D eigenvalue weighted by Gasteiger charge is 2.21. The maximum absolute atomic E-state index is 11.6. The molecule has 0 amide bonds. The number of hydrogen-bond acceptors (Lipinski definition) is 4. The Morgan fingerprint density at radius 2 is 1.77 bits per heavy atom. The van der Waals surface area contributed by atoms with E-state index in [1.165, 1.54) is 10.8 Å². The number of oxime groups is 1. The van der Waals surface area contributed by atoms with Crippen molar-refractivity contribution in [3.05, 3.63) is 83.4 Å². The number of ether oxygens (including phenoxy) is 1. The number of nitrogens with zero attached hydrogens (tertiary/aromatic N) is 1. The molecule has 26 heavy (non-hydrogen) atoms. The van der Waals surface area contributed by atoms with Crippen molar-refractivity contribution in [1.29, 1.82) is 0 Å². The predicted molar refractivity (Wildman–Crippen MR) is 102 cm³/mol. The van der Waals surface area contributed by atoms with E-state index in [1.807, 2.05) is 42.5 Å². The van der Waals surface area contributed by atoms with Gasteiger partial charge in [-0.25, -0.2) is 4.79 Å². The van der Waals surface area contributed by atoms with Gasteiger partial charge in [0.2, 0.25) is 0 Å². The van der Waals surface area contributed by atoms with E-state index in [1.54, 1.807) is 13.0 Å². The van der Waals surface area contributed by atoms with Crippen LogP contribution in [0.15, 0.2) is 77.5 Å². The zero-order valence-corrected chi connectivity index (χ0v) is 14.3. The molecule has 0 N–H and O–H groups in total. The SMILES string of the molecule is CC1=NOC(=O)/C1=C/c1ccc(OCc2cccc3ccccc23)cc1. The van der Waals surface area contributed by atoms with Crippen molar-refractivity contribution < 1.29 is 14.4 Å². The number of fused-ring (bicyclic) bond motifs is 1. The standard InChI is InChI=1S/C22H17NO3/c1-15-21(22(24)26-23-15)13-16-9-11-19(12-10-16)25-14-18-7-4-6-17-5-2-3-8-20(17)18/h2-13H,14H2,1H3/b21-13+. The van der Waals surface area contributed by atoms with Crippen LogP contribution in [0.1, 0.15) is 18.1 Å². The van der Waals surface area contributed by atoms with Gasteiger partial charge in [0.15, 0.2) is 0 Å². The monoisotopic (exact) mass is 343 g/mol. The Hall–Kier alpha value is -3.40. The molecule has 0 spiro atoms. The van der Waals surface area contributed by atoms with Crippen LogP contribution in [0.25, 0.3) is 16.8 Å². The van der Waals surface area contributed by atoms with Crippen LogP contribution >= 0.6 is 0 Å². The second-order valence-electron chi connectivity index (χ2n) is 6.11. The maximum Gasteiger partial charge on any atom is 0.367 e. The van der Waals surface area contributed by atoms with Crippen LogP contribution in [0.3, 0.4) is 0 Å². The molecule has 0 radical (unpaired) electrons. The Morgan fingerprint density at radius 3 is 2.54 bits per heavy atom. The summed E-state index contributed by atoms with van der Waals surface area (Å²) in [4.78, 5) is 16.2. The first-order valence-corrected chi connectivity index (χ1v) is 8.38. The fraction of sp³-hybridized carbons (Fsp3) is 0.0909. The topological polar surface area (TPSA) is 47.9 Å². The van der Waals surface area contributed by atoms with Crippen molar-refractivity contribution in [3.63, 3.8) is 0 Å². The third kappa shape index (κ3) is 3.22. The molecule has 0 saturated carbocycles. The molecule has 0 atom stereocenters. The first kappa shape index (κ1) is 16.1. The number of carbonyl (C=O) groups excluding carboxylic acids is 1. The van der Waals surface area contributed by atoms with E-state index in [0.29, 0.717) is 17.9 Å². The molecule has 4 rings (SSSR count). The van der Waals surface area contributed by atoms with Gasteiger partial charge in [-0.1, -0.05) is 59.8 Å². The van der Waals surface area contributed by atoms with Gasteiger partial charge in [-0.15, -0.1) is 0 Å². The Balaban J connectivity index is 1.49. The normalized spacial score (nSPS) is 15.2. The Kier molecular flexibility index (Phi) is 4.23. The first-order valence-electron chi connectivity index (χ1n) is 8.38. The zero-order valence-electron chi connectivity index (χ0n) is 14.3. The Bertz CT molecular complexity index is 1030. The van der Waals surface area contributed by atoms with Crippen LogP contribution in [-0.2, 0) is 16.2 Å². The van der Waals surface area contributed by atoms with Crippen LogP contribution in [-0.4, -0.2) is 11.7 Å². The number of carbonyl (C=O) groups is 1. The summed E-state index contributed by atoms with van der Waals surface area (Å²) in [7, 11) is 0. The third-order valence-electron chi connectivity index (χ3n) is 4.34. The summed E-state index contributed by atoms with van der Waals surface area (Å²) in [5.74, 6) is 0.359. The summed E-state index contributed by atoms with van der Waals surface area (Å²) in [5.41, 5.74) is 3.11. The lowest BCUT2D eigenvalue weighted by molar-refractivity contribution is -0.136. The van der Waals surface area contributed by atoms with E-state index in [-0.39, 0.29) is 0 Å². The minimum Gasteiger partial charge on any atom is -0.489 e. The van der Waals surface area contributed by atoms with E-state index in [4.69, 9.17) is 4.74 Å². The van der Waals surface area contributed by atoms with Crippen molar-refractivity contribution >= 4 is 28.5 Å². The summed E-state index contributed by atoms with van der Waals surface area (Å²) < 4.78 is 5.93. The second-order valence-corrected chi connectivity index (χ2v) is 6.11. The lowest BCUT2D eigenvalue weighted by Gasteiger charge is -2.09. The van der Waals surface area contributed by atoms with Gasteiger partial charge in [-0.3, -0.25) is 0 Å². The van der Waals surface area contributed by atoms with E-state index in [9.17, 15) is 4.79 Å². The van der Waals surface area contributed by atoms with Crippen LogP contribution in [0.5, 0.6) is 5.75 Å². The Labute approximate surface area is 151 Å². The van der Waals surface area contributed by atoms with E-state index in [0.717, 1.165) is 16.9 Å². The Morgan fingerprint density at radius 1 is 1.00 bits per heavy atom. The molecule has 0 unspecified atom stereocenters. The molecule has 0 aliphatic carbocycles. The average Bonchev–Trinajstić information content (AvgIpc) is 2.99. The molecule has 1 heterocycles. The van der Waals surface area contributed by atoms with Crippen molar-refractivity contribution in [3.8, 4) is 5.75 Å². The van der Waals surface area contributed by atoms with Crippen molar-refractivity contribution in [2.45, 2.75) is 13.5 Å². The van der Waals surface area contributed by atoms with Crippen LogP contribution in [0.4, 0.5) is 0 Å². The molecule has 128 valence electrons. The molecular weight excluding hydrogens is 326 g/mol. The van der Waals surface area contributed by atoms with Gasteiger partial charge in [0.25, 0.3) is 0 Å². The molecule has 0 saturated heterocycles. The number of benzene rings is 3. The molecule has 1 aliphatic rings. The van der Waals surface area contributed by atoms with Gasteiger partial charge in [0.1, 0.15) is 12.4 Å². The van der Waals surface area contributed by atoms with Crippen LogP contribution < -0.4 is 4.74 Å². The molecule has 0 fully saturated rings. The number of rotatable bonds is 4. The van der Waals surface area contributed by atoms with E-state index >= 15 is 0 Å². The first-order chi connectivity index (χ1) is 12.7. The van der Waals surface area contributed by atoms with Crippen LogP contribution in [0, 0.1) is 0 Å². The van der Waals surface area contributed by atoms with Gasteiger partial charge < -0.3 is 9.57 Å². The fourth-order valence-corrected chi connectivity index (χ4v) is 2.93. The molecule has 0 aromatic heterocycles. The molecule has 3 aromatic rings. The van der Waals surface area contributed by atoms with Gasteiger partial charge in [-0.2, -0.15) is 0 Å². The van der Waals surface area contributed by atoms with Gasteiger partial charge in [-0.05, 0) is 47.0 Å². The zero-order chi connectivity index (χ0) is 17.9. The van der Waals surface area contributed by atoms with E-state index in [2.05, 4.69) is 34.3 Å². The molecule has 4 heteroatoms. The summed E-state index contributed by atoms with van der Waals surface area (Å²) in [6.45, 7) is 2.25. The molecule has 1 aliphatic heterocycles. The van der Waals surface area contributed by atoms with Gasteiger partial charge >= 0.3 is 5.97 Å². The highest BCUT2D eigenvalue weighted by Crippen LogP contribution is 2.22. The summed E-state index contributed by atoms with van der Waals surface area (Å²) in [6.07, 6.45) is 1.77. The minimum absolute atomic E-state index is 0.418. The lowest BCUT2D eigenvalue weighted by atomic mass is 10.1. The largest absolute Gasteiger partial charge is 0.489 e. The predicted octanol–water partition coefficient (Wildman–Crippen LogP) is 4.73. The molecule has 4 nitrogen and oxygen atoms in total. The second kappa shape index (κ2) is 6.84. The summed E-state index contributed by atoms with van der Waals surface area (Å²) in [6, 6.07) is 22.1. The van der Waals surface area contributed by atoms with Crippen molar-refractivity contribution in [2.75, 3.05) is 0 Å². The van der Waals surface area contributed by atoms with Crippen molar-refractivity contribution in [1.82, 2.24) is 0 Å². The quantitative estimate of drug-likeness (QED) is 0.508.